The van der Waals surface area contributed by atoms with Crippen LogP contribution < -0.4 is 9.47 Å². The van der Waals surface area contributed by atoms with Gasteiger partial charge in [-0.3, -0.25) is 4.79 Å². The highest BCUT2D eigenvalue weighted by Crippen LogP contribution is 2.28. The summed E-state index contributed by atoms with van der Waals surface area (Å²) in [5.74, 6) is 1.40. The van der Waals surface area contributed by atoms with Crippen LogP contribution in [0.25, 0.3) is 6.08 Å². The molecule has 1 amide bonds. The zero-order valence-electron chi connectivity index (χ0n) is 13.8. The first-order valence-electron chi connectivity index (χ1n) is 8.13. The molecule has 0 aliphatic carbocycles. The summed E-state index contributed by atoms with van der Waals surface area (Å²) >= 11 is 0. The van der Waals surface area contributed by atoms with Crippen LogP contribution in [-0.2, 0) is 4.79 Å². The summed E-state index contributed by atoms with van der Waals surface area (Å²) in [6, 6.07) is 5.62. The first-order valence-corrected chi connectivity index (χ1v) is 8.13. The van der Waals surface area contributed by atoms with Crippen molar-refractivity contribution in [1.29, 1.82) is 0 Å². The van der Waals surface area contributed by atoms with E-state index in [-0.39, 0.29) is 5.91 Å². The molecule has 1 heterocycles. The van der Waals surface area contributed by atoms with Gasteiger partial charge in [-0.05, 0) is 36.6 Å². The Labute approximate surface area is 138 Å². The van der Waals surface area contributed by atoms with Gasteiger partial charge in [0.05, 0.1) is 7.11 Å². The Morgan fingerprint density at radius 3 is 2.61 bits per heavy atom. The monoisotopic (exact) mass is 315 g/mol. The van der Waals surface area contributed by atoms with Crippen molar-refractivity contribution in [3.8, 4) is 11.5 Å². The molecule has 0 saturated carbocycles. The second-order valence-electron chi connectivity index (χ2n) is 5.58. The third kappa shape index (κ3) is 5.16. The van der Waals surface area contributed by atoms with Gasteiger partial charge in [0.2, 0.25) is 5.91 Å². The van der Waals surface area contributed by atoms with Gasteiger partial charge in [0, 0.05) is 19.2 Å². The zero-order valence-corrected chi connectivity index (χ0v) is 13.8. The van der Waals surface area contributed by atoms with E-state index in [9.17, 15) is 4.79 Å². The maximum absolute atomic E-state index is 12.3. The quantitative estimate of drug-likeness (QED) is 0.594. The van der Waals surface area contributed by atoms with Gasteiger partial charge >= 0.3 is 0 Å². The van der Waals surface area contributed by atoms with E-state index >= 15 is 0 Å². The summed E-state index contributed by atoms with van der Waals surface area (Å²) in [6.45, 7) is 5.78. The summed E-state index contributed by atoms with van der Waals surface area (Å²) in [5, 5.41) is 0. The fourth-order valence-corrected chi connectivity index (χ4v) is 2.62. The maximum atomic E-state index is 12.3. The van der Waals surface area contributed by atoms with Crippen LogP contribution in [0.2, 0.25) is 0 Å². The van der Waals surface area contributed by atoms with E-state index in [1.807, 2.05) is 29.2 Å². The molecule has 2 rings (SSSR count). The van der Waals surface area contributed by atoms with Crippen LogP contribution in [0.15, 0.2) is 36.9 Å². The number of ether oxygens (including phenoxy) is 2. The molecule has 0 radical (unpaired) electrons. The number of likely N-dealkylation sites (tertiary alicyclic amines) is 1. The van der Waals surface area contributed by atoms with Crippen LogP contribution in [-0.4, -0.2) is 37.6 Å². The molecule has 0 spiro atoms. The second-order valence-corrected chi connectivity index (χ2v) is 5.58. The number of hydrogen-bond acceptors (Lipinski definition) is 3. The van der Waals surface area contributed by atoms with Crippen molar-refractivity contribution in [2.24, 2.45) is 0 Å². The average molecular weight is 315 g/mol. The van der Waals surface area contributed by atoms with E-state index in [1.54, 1.807) is 19.3 Å². The third-order valence-corrected chi connectivity index (χ3v) is 3.88. The topological polar surface area (TPSA) is 38.8 Å². The van der Waals surface area contributed by atoms with Gasteiger partial charge in [-0.1, -0.05) is 31.6 Å². The molecule has 0 aromatic heterocycles. The van der Waals surface area contributed by atoms with Gasteiger partial charge in [-0.2, -0.15) is 0 Å². The Morgan fingerprint density at radius 2 is 1.96 bits per heavy atom. The Morgan fingerprint density at radius 1 is 1.22 bits per heavy atom. The summed E-state index contributed by atoms with van der Waals surface area (Å²) in [4.78, 5) is 14.2. The van der Waals surface area contributed by atoms with Crippen molar-refractivity contribution < 1.29 is 14.3 Å². The Hall–Kier alpha value is -2.23. The predicted molar refractivity (Wildman–Crippen MR) is 92.8 cm³/mol. The van der Waals surface area contributed by atoms with E-state index in [2.05, 4.69) is 6.58 Å². The van der Waals surface area contributed by atoms with Crippen LogP contribution >= 0.6 is 0 Å². The minimum absolute atomic E-state index is 0.0813. The molecule has 1 aliphatic rings. The lowest BCUT2D eigenvalue weighted by atomic mass is 10.2. The lowest BCUT2D eigenvalue weighted by molar-refractivity contribution is -0.125. The number of carbonyl (C=O) groups is 1. The van der Waals surface area contributed by atoms with Gasteiger partial charge in [0.25, 0.3) is 0 Å². The highest BCUT2D eigenvalue weighted by molar-refractivity contribution is 5.91. The van der Waals surface area contributed by atoms with Gasteiger partial charge in [-0.25, -0.2) is 0 Å². The lowest BCUT2D eigenvalue weighted by Crippen LogP contribution is -2.30. The van der Waals surface area contributed by atoms with E-state index in [1.165, 1.54) is 12.8 Å². The van der Waals surface area contributed by atoms with Gasteiger partial charge < -0.3 is 14.4 Å². The van der Waals surface area contributed by atoms with Crippen LogP contribution in [0.5, 0.6) is 11.5 Å². The lowest BCUT2D eigenvalue weighted by Gasteiger charge is -2.18. The van der Waals surface area contributed by atoms with Crippen molar-refractivity contribution in [3.63, 3.8) is 0 Å². The van der Waals surface area contributed by atoms with Crippen LogP contribution in [0.4, 0.5) is 0 Å². The largest absolute Gasteiger partial charge is 0.493 e. The molecule has 1 saturated heterocycles. The molecule has 1 aromatic rings. The van der Waals surface area contributed by atoms with Crippen molar-refractivity contribution >= 4 is 12.0 Å². The molecular weight excluding hydrogens is 290 g/mol. The normalized spacial score (nSPS) is 15.3. The summed E-state index contributed by atoms with van der Waals surface area (Å²) in [5.41, 5.74) is 0.913. The summed E-state index contributed by atoms with van der Waals surface area (Å²) in [7, 11) is 1.60. The average Bonchev–Trinajstić information content (AvgIpc) is 2.87. The van der Waals surface area contributed by atoms with E-state index < -0.39 is 0 Å². The van der Waals surface area contributed by atoms with Crippen molar-refractivity contribution in [3.05, 3.63) is 42.5 Å². The SMILES string of the molecule is C=CCOc1ccc(C=CC(=O)N2CCCCCC2)cc1OC. The number of methoxy groups -OCH3 is 1. The number of carbonyl (C=O) groups excluding carboxylic acids is 1. The summed E-state index contributed by atoms with van der Waals surface area (Å²) in [6.07, 6.45) is 9.80. The number of nitrogens with zero attached hydrogens (tertiary/aromatic N) is 1. The Bertz CT molecular complexity index is 558. The number of amides is 1. The molecule has 23 heavy (non-hydrogen) atoms. The summed E-state index contributed by atoms with van der Waals surface area (Å²) < 4.78 is 10.9. The van der Waals surface area contributed by atoms with Crippen LogP contribution in [0.1, 0.15) is 31.2 Å². The minimum Gasteiger partial charge on any atom is -0.493 e. The fraction of sp³-hybridized carbons (Fsp3) is 0.421. The maximum Gasteiger partial charge on any atom is 0.246 e. The number of rotatable bonds is 6. The first-order chi connectivity index (χ1) is 11.2. The van der Waals surface area contributed by atoms with Crippen molar-refractivity contribution in [1.82, 2.24) is 4.90 Å². The molecule has 124 valence electrons. The first kappa shape index (κ1) is 17.1. The Kier molecular flexibility index (Phi) is 6.73. The van der Waals surface area contributed by atoms with E-state index in [4.69, 9.17) is 9.47 Å². The van der Waals surface area contributed by atoms with Crippen molar-refractivity contribution in [2.75, 3.05) is 26.8 Å². The molecule has 0 atom stereocenters. The minimum atomic E-state index is 0.0813. The van der Waals surface area contributed by atoms with Gasteiger partial charge in [0.1, 0.15) is 6.61 Å². The Balaban J connectivity index is 2.03. The molecular formula is C19H25NO3. The fourth-order valence-electron chi connectivity index (χ4n) is 2.62. The smallest absolute Gasteiger partial charge is 0.246 e. The molecule has 0 unspecified atom stereocenters. The van der Waals surface area contributed by atoms with Crippen molar-refractivity contribution in [2.45, 2.75) is 25.7 Å². The number of benzene rings is 1. The predicted octanol–water partition coefficient (Wildman–Crippen LogP) is 3.68. The highest BCUT2D eigenvalue weighted by atomic mass is 16.5. The zero-order chi connectivity index (χ0) is 16.5. The molecule has 4 nitrogen and oxygen atoms in total. The van der Waals surface area contributed by atoms with Gasteiger partial charge in [-0.15, -0.1) is 0 Å². The molecule has 1 aliphatic heterocycles. The molecule has 1 aromatic carbocycles. The molecule has 0 bridgehead atoms. The standard InChI is InChI=1S/C19H25NO3/c1-3-14-23-17-10-8-16(15-18(17)22-2)9-11-19(21)20-12-6-4-5-7-13-20/h3,8-11,15H,1,4-7,12-14H2,2H3. The third-order valence-electron chi connectivity index (χ3n) is 3.88. The van der Waals surface area contributed by atoms with Crippen LogP contribution in [0.3, 0.4) is 0 Å². The van der Waals surface area contributed by atoms with Crippen LogP contribution in [0, 0.1) is 0 Å². The number of hydrogen-bond donors (Lipinski definition) is 0. The van der Waals surface area contributed by atoms with E-state index in [0.29, 0.717) is 18.1 Å². The molecule has 4 heteroatoms. The highest BCUT2D eigenvalue weighted by Gasteiger charge is 2.12. The van der Waals surface area contributed by atoms with Gasteiger partial charge in [0.15, 0.2) is 11.5 Å². The second kappa shape index (κ2) is 9.03. The molecule has 0 N–H and O–H groups in total. The van der Waals surface area contributed by atoms with E-state index in [0.717, 1.165) is 31.5 Å². The molecule has 1 fully saturated rings.